The molecule has 0 bridgehead atoms. The molecule has 1 heterocycles. The van der Waals surface area contributed by atoms with E-state index >= 15 is 0 Å². The minimum absolute atomic E-state index is 0.125. The number of para-hydroxylation sites is 1. The number of halogens is 1. The third-order valence-corrected chi connectivity index (χ3v) is 3.45. The summed E-state index contributed by atoms with van der Waals surface area (Å²) in [4.78, 5) is 15.0. The standard InChI is InChI=1S/C14H18FN3OS/c1-8(2)7-16-13(19)9(3)18-11-6-4-5-10(15)12(11)17-14(18)20/h4-6,8-9H,7H2,1-3H3,(H,16,19)(H,17,20). The van der Waals surface area contributed by atoms with Crippen LogP contribution < -0.4 is 5.32 Å². The quantitative estimate of drug-likeness (QED) is 0.851. The molecule has 1 atom stereocenters. The van der Waals surface area contributed by atoms with Gasteiger partial charge >= 0.3 is 0 Å². The van der Waals surface area contributed by atoms with Crippen LogP contribution in [-0.2, 0) is 4.79 Å². The Kier molecular flexibility index (Phi) is 4.23. The van der Waals surface area contributed by atoms with E-state index in [1.807, 2.05) is 13.8 Å². The van der Waals surface area contributed by atoms with Crippen molar-refractivity contribution in [3.05, 3.63) is 28.8 Å². The van der Waals surface area contributed by atoms with Crippen LogP contribution in [0, 0.1) is 16.5 Å². The summed E-state index contributed by atoms with van der Waals surface area (Å²) in [5, 5.41) is 2.86. The number of benzene rings is 1. The van der Waals surface area contributed by atoms with Crippen molar-refractivity contribution in [3.63, 3.8) is 0 Å². The number of nitrogens with zero attached hydrogens (tertiary/aromatic N) is 1. The summed E-state index contributed by atoms with van der Waals surface area (Å²) in [6, 6.07) is 4.23. The second-order valence-corrected chi connectivity index (χ2v) is 5.64. The molecular formula is C14H18FN3OS. The molecule has 1 aromatic heterocycles. The lowest BCUT2D eigenvalue weighted by molar-refractivity contribution is -0.123. The first-order valence-corrected chi connectivity index (χ1v) is 6.99. The molecule has 0 saturated carbocycles. The Morgan fingerprint density at radius 3 is 2.80 bits per heavy atom. The zero-order chi connectivity index (χ0) is 14.9. The third-order valence-electron chi connectivity index (χ3n) is 3.15. The van der Waals surface area contributed by atoms with Crippen molar-refractivity contribution in [2.24, 2.45) is 5.92 Å². The first-order valence-electron chi connectivity index (χ1n) is 6.58. The van der Waals surface area contributed by atoms with Crippen LogP contribution in [0.25, 0.3) is 11.0 Å². The van der Waals surface area contributed by atoms with Gasteiger partial charge in [0.1, 0.15) is 17.4 Å². The van der Waals surface area contributed by atoms with Crippen molar-refractivity contribution in [1.29, 1.82) is 0 Å². The third kappa shape index (κ3) is 2.75. The lowest BCUT2D eigenvalue weighted by atomic mass is 10.2. The van der Waals surface area contributed by atoms with Crippen LogP contribution in [-0.4, -0.2) is 22.0 Å². The fraction of sp³-hybridized carbons (Fsp3) is 0.429. The van der Waals surface area contributed by atoms with Gasteiger partial charge in [-0.1, -0.05) is 19.9 Å². The van der Waals surface area contributed by atoms with Crippen molar-refractivity contribution in [1.82, 2.24) is 14.9 Å². The van der Waals surface area contributed by atoms with Crippen molar-refractivity contribution >= 4 is 29.2 Å². The van der Waals surface area contributed by atoms with Crippen molar-refractivity contribution in [2.45, 2.75) is 26.8 Å². The Morgan fingerprint density at radius 2 is 2.15 bits per heavy atom. The molecule has 2 rings (SSSR count). The number of carbonyl (C=O) groups excluding carboxylic acids is 1. The zero-order valence-corrected chi connectivity index (χ0v) is 12.6. The minimum Gasteiger partial charge on any atom is -0.354 e. The number of rotatable bonds is 4. The van der Waals surface area contributed by atoms with E-state index in [-0.39, 0.29) is 11.7 Å². The topological polar surface area (TPSA) is 49.8 Å². The number of H-pyrrole nitrogens is 1. The van der Waals surface area contributed by atoms with Crippen LogP contribution in [0.5, 0.6) is 0 Å². The molecule has 0 saturated heterocycles. The van der Waals surface area contributed by atoms with Gasteiger partial charge in [-0.3, -0.25) is 4.79 Å². The highest BCUT2D eigenvalue weighted by atomic mass is 32.1. The van der Waals surface area contributed by atoms with Gasteiger partial charge in [-0.05, 0) is 37.2 Å². The maximum atomic E-state index is 13.7. The Bertz CT molecular complexity index is 689. The van der Waals surface area contributed by atoms with Crippen LogP contribution in [0.1, 0.15) is 26.8 Å². The summed E-state index contributed by atoms with van der Waals surface area (Å²) in [6.07, 6.45) is 0. The van der Waals surface area contributed by atoms with Gasteiger partial charge < -0.3 is 14.9 Å². The predicted molar refractivity (Wildman–Crippen MR) is 79.6 cm³/mol. The van der Waals surface area contributed by atoms with E-state index in [0.717, 1.165) is 0 Å². The Hall–Kier alpha value is -1.69. The molecule has 2 N–H and O–H groups in total. The number of aromatic nitrogens is 2. The van der Waals surface area contributed by atoms with E-state index < -0.39 is 6.04 Å². The number of imidazole rings is 1. The number of carbonyl (C=O) groups is 1. The number of aromatic amines is 1. The largest absolute Gasteiger partial charge is 0.354 e. The monoisotopic (exact) mass is 295 g/mol. The molecule has 6 heteroatoms. The van der Waals surface area contributed by atoms with Crippen molar-refractivity contribution in [3.8, 4) is 0 Å². The van der Waals surface area contributed by atoms with Gasteiger partial charge in [0.25, 0.3) is 0 Å². The maximum Gasteiger partial charge on any atom is 0.242 e. The first kappa shape index (κ1) is 14.7. The van der Waals surface area contributed by atoms with Crippen LogP contribution >= 0.6 is 12.2 Å². The van der Waals surface area contributed by atoms with Gasteiger partial charge in [0.05, 0.1) is 5.52 Å². The molecule has 1 amide bonds. The van der Waals surface area contributed by atoms with Gasteiger partial charge in [-0.2, -0.15) is 0 Å². The lowest BCUT2D eigenvalue weighted by Crippen LogP contribution is -2.33. The zero-order valence-electron chi connectivity index (χ0n) is 11.7. The second-order valence-electron chi connectivity index (χ2n) is 5.25. The summed E-state index contributed by atoms with van der Waals surface area (Å²) in [5.41, 5.74) is 0.934. The van der Waals surface area contributed by atoms with E-state index in [4.69, 9.17) is 12.2 Å². The molecule has 0 fully saturated rings. The van der Waals surface area contributed by atoms with E-state index in [0.29, 0.717) is 28.3 Å². The van der Waals surface area contributed by atoms with Crippen LogP contribution in [0.4, 0.5) is 4.39 Å². The highest BCUT2D eigenvalue weighted by Gasteiger charge is 2.19. The summed E-state index contributed by atoms with van der Waals surface area (Å²) in [7, 11) is 0. The van der Waals surface area contributed by atoms with E-state index in [9.17, 15) is 9.18 Å². The first-order chi connectivity index (χ1) is 9.41. The average molecular weight is 295 g/mol. The number of nitrogens with one attached hydrogen (secondary N) is 2. The molecule has 108 valence electrons. The molecule has 2 aromatic rings. The SMILES string of the molecule is CC(C)CNC(=O)C(C)n1c(=S)[nH]c2c(F)cccc21. The van der Waals surface area contributed by atoms with Crippen molar-refractivity contribution < 1.29 is 9.18 Å². The number of hydrogen-bond donors (Lipinski definition) is 2. The molecule has 0 spiro atoms. The van der Waals surface area contributed by atoms with Gasteiger partial charge in [0.2, 0.25) is 5.91 Å². The lowest BCUT2D eigenvalue weighted by Gasteiger charge is -2.15. The summed E-state index contributed by atoms with van der Waals surface area (Å²) in [5.74, 6) is -0.123. The van der Waals surface area contributed by atoms with E-state index in [1.54, 1.807) is 23.6 Å². The number of fused-ring (bicyclic) bond motifs is 1. The smallest absolute Gasteiger partial charge is 0.242 e. The molecule has 1 aromatic carbocycles. The van der Waals surface area contributed by atoms with Gasteiger partial charge in [-0.25, -0.2) is 4.39 Å². The summed E-state index contributed by atoms with van der Waals surface area (Å²) >= 11 is 5.20. The molecule has 0 aliphatic heterocycles. The minimum atomic E-state index is -0.489. The predicted octanol–water partition coefficient (Wildman–Crippen LogP) is 3.17. The molecule has 4 nitrogen and oxygen atoms in total. The summed E-state index contributed by atoms with van der Waals surface area (Å²) in [6.45, 7) is 6.41. The summed E-state index contributed by atoms with van der Waals surface area (Å²) < 4.78 is 15.7. The van der Waals surface area contributed by atoms with Gasteiger partial charge in [-0.15, -0.1) is 0 Å². The number of amides is 1. The maximum absolute atomic E-state index is 13.7. The van der Waals surface area contributed by atoms with E-state index in [1.165, 1.54) is 6.07 Å². The second kappa shape index (κ2) is 5.75. The molecule has 0 aliphatic carbocycles. The normalized spacial score (nSPS) is 12.8. The molecule has 0 aliphatic rings. The Balaban J connectivity index is 2.37. The Morgan fingerprint density at radius 1 is 1.45 bits per heavy atom. The van der Waals surface area contributed by atoms with Crippen LogP contribution in [0.3, 0.4) is 0 Å². The van der Waals surface area contributed by atoms with Crippen LogP contribution in [0.15, 0.2) is 18.2 Å². The molecule has 1 unspecified atom stereocenters. The highest BCUT2D eigenvalue weighted by molar-refractivity contribution is 7.71. The fourth-order valence-electron chi connectivity index (χ4n) is 2.07. The van der Waals surface area contributed by atoms with Gasteiger partial charge in [0, 0.05) is 6.54 Å². The van der Waals surface area contributed by atoms with E-state index in [2.05, 4.69) is 10.3 Å². The number of hydrogen-bond acceptors (Lipinski definition) is 2. The average Bonchev–Trinajstić information content (AvgIpc) is 2.73. The molecule has 0 radical (unpaired) electrons. The fourth-order valence-corrected chi connectivity index (χ4v) is 2.43. The molecule has 20 heavy (non-hydrogen) atoms. The highest BCUT2D eigenvalue weighted by Crippen LogP contribution is 2.21. The van der Waals surface area contributed by atoms with Crippen LogP contribution in [0.2, 0.25) is 0 Å². The molecular weight excluding hydrogens is 277 g/mol. The van der Waals surface area contributed by atoms with Gasteiger partial charge in [0.15, 0.2) is 4.77 Å². The Labute approximate surface area is 122 Å². The van der Waals surface area contributed by atoms with Crippen molar-refractivity contribution in [2.75, 3.05) is 6.54 Å².